The van der Waals surface area contributed by atoms with Crippen molar-refractivity contribution in [1.82, 2.24) is 10.6 Å². The lowest BCUT2D eigenvalue weighted by Crippen LogP contribution is -2.42. The Morgan fingerprint density at radius 2 is 2.04 bits per heavy atom. The summed E-state index contributed by atoms with van der Waals surface area (Å²) < 4.78 is 16.9. The van der Waals surface area contributed by atoms with Crippen LogP contribution in [0.15, 0.2) is 33.7 Å². The van der Waals surface area contributed by atoms with Crippen LogP contribution >= 0.6 is 24.0 Å². The van der Waals surface area contributed by atoms with Crippen molar-refractivity contribution in [3.8, 4) is 5.75 Å². The zero-order valence-corrected chi connectivity index (χ0v) is 19.6. The van der Waals surface area contributed by atoms with Crippen LogP contribution in [-0.2, 0) is 9.53 Å². The molecule has 28 heavy (non-hydrogen) atoms. The largest absolute Gasteiger partial charge is 0.490 e. The first-order valence-corrected chi connectivity index (χ1v) is 9.07. The summed E-state index contributed by atoms with van der Waals surface area (Å²) in [6.45, 7) is 9.99. The average Bonchev–Trinajstić information content (AvgIpc) is 3.02. The number of halogens is 1. The second kappa shape index (κ2) is 10.5. The molecule has 0 fully saturated rings. The fraction of sp³-hybridized carbons (Fsp3) is 0.500. The molecule has 0 saturated heterocycles. The maximum absolute atomic E-state index is 11.9. The molecule has 0 aliphatic heterocycles. The van der Waals surface area contributed by atoms with E-state index >= 15 is 0 Å². The normalized spacial score (nSPS) is 12.9. The van der Waals surface area contributed by atoms with E-state index in [1.807, 2.05) is 58.9 Å². The number of rotatable bonds is 6. The van der Waals surface area contributed by atoms with E-state index in [9.17, 15) is 4.79 Å². The predicted molar refractivity (Wildman–Crippen MR) is 122 cm³/mol. The van der Waals surface area contributed by atoms with E-state index in [0.29, 0.717) is 12.6 Å². The summed E-state index contributed by atoms with van der Waals surface area (Å²) in [7, 11) is 1.64. The molecule has 0 aliphatic rings. The third-order valence-corrected chi connectivity index (χ3v) is 3.65. The Morgan fingerprint density at radius 1 is 1.32 bits per heavy atom. The summed E-state index contributed by atoms with van der Waals surface area (Å²) >= 11 is 0. The summed E-state index contributed by atoms with van der Waals surface area (Å²) in [4.78, 5) is 16.0. The number of guanidine groups is 1. The Hall–Kier alpha value is -1.97. The van der Waals surface area contributed by atoms with Crippen molar-refractivity contribution in [3.05, 3.63) is 30.0 Å². The smallest absolute Gasteiger partial charge is 0.325 e. The van der Waals surface area contributed by atoms with E-state index in [0.717, 1.165) is 22.5 Å². The molecule has 0 bridgehead atoms. The fourth-order valence-corrected chi connectivity index (χ4v) is 2.54. The lowest BCUT2D eigenvalue weighted by Gasteiger charge is -2.20. The number of nitrogens with zero attached hydrogens (tertiary/aromatic N) is 1. The van der Waals surface area contributed by atoms with Gasteiger partial charge in [-0.05, 0) is 46.8 Å². The Kier molecular flexibility index (Phi) is 9.06. The van der Waals surface area contributed by atoms with Gasteiger partial charge in [-0.15, -0.1) is 24.0 Å². The standard InChI is InChI=1S/C20H29N3O4.HI/c1-7-25-15-10-8-9-14-11-16(26-18(14)15)13(2)23-19(21-6)22-12-17(24)27-20(3,4)5;/h8-11,13H,7,12H2,1-6H3,(H2,21,22,23);1H. The van der Waals surface area contributed by atoms with Crippen molar-refractivity contribution in [2.24, 2.45) is 4.99 Å². The highest BCUT2D eigenvalue weighted by atomic mass is 127. The van der Waals surface area contributed by atoms with Gasteiger partial charge in [-0.3, -0.25) is 9.79 Å². The number of esters is 1. The average molecular weight is 503 g/mol. The van der Waals surface area contributed by atoms with Crippen LogP contribution in [0.5, 0.6) is 5.75 Å². The van der Waals surface area contributed by atoms with Gasteiger partial charge in [-0.25, -0.2) is 0 Å². The molecule has 156 valence electrons. The number of ether oxygens (including phenoxy) is 2. The van der Waals surface area contributed by atoms with Crippen molar-refractivity contribution >= 4 is 46.9 Å². The van der Waals surface area contributed by atoms with Crippen LogP contribution in [0.1, 0.15) is 46.4 Å². The van der Waals surface area contributed by atoms with Crippen LogP contribution in [0.25, 0.3) is 11.0 Å². The molecule has 0 radical (unpaired) electrons. The highest BCUT2D eigenvalue weighted by molar-refractivity contribution is 14.0. The van der Waals surface area contributed by atoms with Crippen molar-refractivity contribution in [2.45, 2.75) is 46.3 Å². The maximum Gasteiger partial charge on any atom is 0.325 e. The van der Waals surface area contributed by atoms with Gasteiger partial charge in [0.1, 0.15) is 17.9 Å². The van der Waals surface area contributed by atoms with E-state index in [-0.39, 0.29) is 42.5 Å². The molecule has 2 rings (SSSR count). The Labute approximate surface area is 183 Å². The van der Waals surface area contributed by atoms with Gasteiger partial charge in [0.15, 0.2) is 17.3 Å². The summed E-state index contributed by atoms with van der Waals surface area (Å²) in [5.74, 6) is 1.61. The summed E-state index contributed by atoms with van der Waals surface area (Å²) in [5.41, 5.74) is 0.204. The van der Waals surface area contributed by atoms with Crippen molar-refractivity contribution in [2.75, 3.05) is 20.2 Å². The summed E-state index contributed by atoms with van der Waals surface area (Å²) in [6, 6.07) is 7.62. The summed E-state index contributed by atoms with van der Waals surface area (Å²) in [6.07, 6.45) is 0. The molecule has 1 aromatic carbocycles. The van der Waals surface area contributed by atoms with Gasteiger partial charge < -0.3 is 24.5 Å². The third kappa shape index (κ3) is 6.88. The molecule has 0 spiro atoms. The first-order valence-electron chi connectivity index (χ1n) is 9.07. The lowest BCUT2D eigenvalue weighted by molar-refractivity contribution is -0.153. The number of benzene rings is 1. The highest BCUT2D eigenvalue weighted by Gasteiger charge is 2.18. The first-order chi connectivity index (χ1) is 12.7. The Morgan fingerprint density at radius 3 is 2.64 bits per heavy atom. The van der Waals surface area contributed by atoms with Gasteiger partial charge in [0, 0.05) is 12.4 Å². The number of nitrogens with one attached hydrogen (secondary N) is 2. The molecule has 2 aromatic rings. The molecule has 7 nitrogen and oxygen atoms in total. The minimum absolute atomic E-state index is 0. The fourth-order valence-electron chi connectivity index (χ4n) is 2.54. The van der Waals surface area contributed by atoms with Crippen LogP contribution in [0.4, 0.5) is 0 Å². The third-order valence-electron chi connectivity index (χ3n) is 3.65. The van der Waals surface area contributed by atoms with E-state index in [2.05, 4.69) is 15.6 Å². The second-order valence-electron chi connectivity index (χ2n) is 7.13. The van der Waals surface area contributed by atoms with Gasteiger partial charge >= 0.3 is 5.97 Å². The Bertz CT molecular complexity index is 811. The van der Waals surface area contributed by atoms with Crippen LogP contribution in [0, 0.1) is 0 Å². The Balaban J connectivity index is 0.00000392. The molecule has 2 N–H and O–H groups in total. The molecule has 1 atom stereocenters. The van der Waals surface area contributed by atoms with E-state index < -0.39 is 5.60 Å². The van der Waals surface area contributed by atoms with E-state index in [4.69, 9.17) is 13.9 Å². The monoisotopic (exact) mass is 503 g/mol. The number of hydrogen-bond acceptors (Lipinski definition) is 5. The number of carbonyl (C=O) groups excluding carboxylic acids is 1. The zero-order chi connectivity index (χ0) is 20.0. The topological polar surface area (TPSA) is 85.1 Å². The minimum atomic E-state index is -0.518. The van der Waals surface area contributed by atoms with Gasteiger partial charge in [0.2, 0.25) is 0 Å². The number of furan rings is 1. The van der Waals surface area contributed by atoms with Gasteiger partial charge in [0.05, 0.1) is 12.6 Å². The SMILES string of the molecule is CCOc1cccc2cc(C(C)NC(=NC)NCC(=O)OC(C)(C)C)oc12.I. The highest BCUT2D eigenvalue weighted by Crippen LogP contribution is 2.31. The molecule has 8 heteroatoms. The van der Waals surface area contributed by atoms with Crippen LogP contribution < -0.4 is 15.4 Å². The molecule has 1 unspecified atom stereocenters. The van der Waals surface area contributed by atoms with Crippen molar-refractivity contribution < 1.29 is 18.7 Å². The molecule has 0 amide bonds. The minimum Gasteiger partial charge on any atom is -0.490 e. The van der Waals surface area contributed by atoms with Crippen molar-refractivity contribution in [1.29, 1.82) is 0 Å². The number of para-hydroxylation sites is 1. The zero-order valence-electron chi connectivity index (χ0n) is 17.3. The summed E-state index contributed by atoms with van der Waals surface area (Å²) in [5, 5.41) is 7.14. The number of carbonyl (C=O) groups is 1. The second-order valence-corrected chi connectivity index (χ2v) is 7.13. The van der Waals surface area contributed by atoms with E-state index in [1.54, 1.807) is 7.05 Å². The van der Waals surface area contributed by atoms with Crippen molar-refractivity contribution in [3.63, 3.8) is 0 Å². The lowest BCUT2D eigenvalue weighted by atomic mass is 10.2. The van der Waals surface area contributed by atoms with Gasteiger partial charge in [-0.1, -0.05) is 12.1 Å². The molecule has 0 aliphatic carbocycles. The first kappa shape index (κ1) is 24.1. The molecule has 1 aromatic heterocycles. The quantitative estimate of drug-likeness (QED) is 0.268. The molecule has 1 heterocycles. The van der Waals surface area contributed by atoms with Crippen LogP contribution in [0.2, 0.25) is 0 Å². The maximum atomic E-state index is 11.9. The van der Waals surface area contributed by atoms with Crippen LogP contribution in [-0.4, -0.2) is 37.7 Å². The number of fused-ring (bicyclic) bond motifs is 1. The number of aliphatic imine (C=N–C) groups is 1. The molecular weight excluding hydrogens is 473 g/mol. The molecular formula is C20H30IN3O4. The number of hydrogen-bond donors (Lipinski definition) is 2. The van der Waals surface area contributed by atoms with Crippen LogP contribution in [0.3, 0.4) is 0 Å². The predicted octanol–water partition coefficient (Wildman–Crippen LogP) is 4.02. The molecule has 0 saturated carbocycles. The van der Waals surface area contributed by atoms with Gasteiger partial charge in [-0.2, -0.15) is 0 Å². The van der Waals surface area contributed by atoms with Gasteiger partial charge in [0.25, 0.3) is 0 Å². The van der Waals surface area contributed by atoms with E-state index in [1.165, 1.54) is 0 Å².